The third-order valence-corrected chi connectivity index (χ3v) is 8.27. The Morgan fingerprint density at radius 3 is 2.26 bits per heavy atom. The van der Waals surface area contributed by atoms with Crippen LogP contribution in [-0.4, -0.2) is 51.4 Å². The number of hydrogen-bond acceptors (Lipinski definition) is 5. The number of aryl methyl sites for hydroxylation is 1. The van der Waals surface area contributed by atoms with Gasteiger partial charge in [-0.05, 0) is 74.4 Å². The van der Waals surface area contributed by atoms with Gasteiger partial charge in [0.1, 0.15) is 18.3 Å². The first-order valence-corrected chi connectivity index (χ1v) is 14.5. The van der Waals surface area contributed by atoms with Crippen LogP contribution in [0.5, 0.6) is 5.75 Å². The van der Waals surface area contributed by atoms with Crippen LogP contribution < -0.4 is 14.4 Å². The molecule has 1 atom stereocenters. The second kappa shape index (κ2) is 13.5. The number of benzene rings is 3. The Kier molecular flexibility index (Phi) is 10.4. The van der Waals surface area contributed by atoms with E-state index >= 15 is 0 Å². The van der Waals surface area contributed by atoms with Gasteiger partial charge in [-0.25, -0.2) is 8.42 Å². The molecular formula is C29H34ClN3O5S. The molecule has 0 heterocycles. The maximum Gasteiger partial charge on any atom is 0.264 e. The molecule has 39 heavy (non-hydrogen) atoms. The van der Waals surface area contributed by atoms with E-state index in [0.29, 0.717) is 29.4 Å². The number of nitrogens with zero attached hydrogens (tertiary/aromatic N) is 2. The standard InChI is InChI=1S/C29H34ClN3O5S/c1-5-27(29(35)31-6-2)32(19-22-8-7-9-25(18-22)38-4)28(34)20-33(24-14-10-21(3)11-15-24)39(36,37)26-16-12-23(30)13-17-26/h7-18,27H,5-6,19-20H2,1-4H3,(H,31,35)/t27-/m0/s1. The minimum Gasteiger partial charge on any atom is -0.497 e. The van der Waals surface area contributed by atoms with E-state index in [9.17, 15) is 18.0 Å². The fourth-order valence-electron chi connectivity index (χ4n) is 4.15. The highest BCUT2D eigenvalue weighted by Gasteiger charge is 2.33. The number of halogens is 1. The number of amides is 2. The van der Waals surface area contributed by atoms with Crippen LogP contribution in [0, 0.1) is 6.92 Å². The molecule has 0 unspecified atom stereocenters. The molecular weight excluding hydrogens is 538 g/mol. The van der Waals surface area contributed by atoms with Gasteiger partial charge in [0.15, 0.2) is 0 Å². The second-order valence-electron chi connectivity index (χ2n) is 8.99. The summed E-state index contributed by atoms with van der Waals surface area (Å²) in [7, 11) is -2.60. The molecule has 8 nitrogen and oxygen atoms in total. The highest BCUT2D eigenvalue weighted by Crippen LogP contribution is 2.26. The van der Waals surface area contributed by atoms with Crippen molar-refractivity contribution >= 4 is 39.1 Å². The number of hydrogen-bond donors (Lipinski definition) is 1. The molecule has 0 aliphatic heterocycles. The minimum absolute atomic E-state index is 0.00427. The summed E-state index contributed by atoms with van der Waals surface area (Å²) in [6.07, 6.45) is 0.343. The summed E-state index contributed by atoms with van der Waals surface area (Å²) in [4.78, 5) is 28.4. The summed E-state index contributed by atoms with van der Waals surface area (Å²) < 4.78 is 34.0. The van der Waals surface area contributed by atoms with Gasteiger partial charge >= 0.3 is 0 Å². The molecule has 1 N–H and O–H groups in total. The maximum atomic E-state index is 14.0. The lowest BCUT2D eigenvalue weighted by Crippen LogP contribution is -2.52. The van der Waals surface area contributed by atoms with Gasteiger partial charge in [0.25, 0.3) is 10.0 Å². The lowest BCUT2D eigenvalue weighted by atomic mass is 10.1. The van der Waals surface area contributed by atoms with Crippen molar-refractivity contribution in [2.24, 2.45) is 0 Å². The topological polar surface area (TPSA) is 96.0 Å². The van der Waals surface area contributed by atoms with Crippen LogP contribution in [0.2, 0.25) is 5.02 Å². The third-order valence-electron chi connectivity index (χ3n) is 6.23. The Hall–Kier alpha value is -3.56. The van der Waals surface area contributed by atoms with Crippen molar-refractivity contribution < 1.29 is 22.7 Å². The normalized spacial score (nSPS) is 11.9. The quantitative estimate of drug-likeness (QED) is 0.337. The van der Waals surface area contributed by atoms with Crippen LogP contribution in [0.3, 0.4) is 0 Å². The maximum absolute atomic E-state index is 14.0. The van der Waals surface area contributed by atoms with Crippen LogP contribution in [0.1, 0.15) is 31.4 Å². The summed E-state index contributed by atoms with van der Waals surface area (Å²) in [5.41, 5.74) is 2.01. The molecule has 0 aliphatic rings. The second-order valence-corrected chi connectivity index (χ2v) is 11.3. The van der Waals surface area contributed by atoms with Crippen LogP contribution in [0.25, 0.3) is 0 Å². The zero-order valence-electron chi connectivity index (χ0n) is 22.6. The first kappa shape index (κ1) is 30.0. The van der Waals surface area contributed by atoms with Crippen molar-refractivity contribution in [3.63, 3.8) is 0 Å². The van der Waals surface area contributed by atoms with Crippen molar-refractivity contribution in [1.29, 1.82) is 0 Å². The number of rotatable bonds is 12. The van der Waals surface area contributed by atoms with Gasteiger partial charge in [-0.15, -0.1) is 0 Å². The molecule has 0 spiro atoms. The number of methoxy groups -OCH3 is 1. The van der Waals surface area contributed by atoms with E-state index in [-0.39, 0.29) is 17.3 Å². The molecule has 10 heteroatoms. The monoisotopic (exact) mass is 571 g/mol. The zero-order chi connectivity index (χ0) is 28.6. The van der Waals surface area contributed by atoms with Crippen LogP contribution in [0.15, 0.2) is 77.7 Å². The number of anilines is 1. The summed E-state index contributed by atoms with van der Waals surface area (Å²) in [6, 6.07) is 19.0. The Bertz CT molecular complexity index is 1380. The van der Waals surface area contributed by atoms with Gasteiger partial charge in [0, 0.05) is 18.1 Å². The Morgan fingerprint density at radius 2 is 1.67 bits per heavy atom. The fourth-order valence-corrected chi connectivity index (χ4v) is 5.69. The van der Waals surface area contributed by atoms with Crippen molar-refractivity contribution in [3.05, 3.63) is 88.9 Å². The molecule has 2 amide bonds. The average Bonchev–Trinajstić information content (AvgIpc) is 2.92. The molecule has 0 fully saturated rings. The van der Waals surface area contributed by atoms with Gasteiger partial charge in [0.2, 0.25) is 11.8 Å². The van der Waals surface area contributed by atoms with E-state index in [1.807, 2.05) is 19.9 Å². The van der Waals surface area contributed by atoms with Gasteiger partial charge in [-0.2, -0.15) is 0 Å². The average molecular weight is 572 g/mol. The van der Waals surface area contributed by atoms with Crippen LogP contribution >= 0.6 is 11.6 Å². The first-order valence-electron chi connectivity index (χ1n) is 12.7. The zero-order valence-corrected chi connectivity index (χ0v) is 24.1. The largest absolute Gasteiger partial charge is 0.497 e. The number of nitrogens with one attached hydrogen (secondary N) is 1. The van der Waals surface area contributed by atoms with Crippen molar-refractivity contribution in [3.8, 4) is 5.75 Å². The lowest BCUT2D eigenvalue weighted by Gasteiger charge is -2.33. The van der Waals surface area contributed by atoms with Gasteiger partial charge in [0.05, 0.1) is 17.7 Å². The van der Waals surface area contributed by atoms with E-state index < -0.39 is 28.5 Å². The first-order chi connectivity index (χ1) is 18.6. The van der Waals surface area contributed by atoms with E-state index in [0.717, 1.165) is 15.4 Å². The predicted octanol–water partition coefficient (Wildman–Crippen LogP) is 4.80. The van der Waals surface area contributed by atoms with E-state index in [4.69, 9.17) is 16.3 Å². The Labute approximate surface area is 235 Å². The van der Waals surface area contributed by atoms with Gasteiger partial charge in [-0.1, -0.05) is 48.4 Å². The summed E-state index contributed by atoms with van der Waals surface area (Å²) >= 11 is 5.99. The van der Waals surface area contributed by atoms with Crippen molar-refractivity contribution in [2.45, 2.75) is 44.7 Å². The number of likely N-dealkylation sites (N-methyl/N-ethyl adjacent to an activating group) is 1. The van der Waals surface area contributed by atoms with E-state index in [2.05, 4.69) is 5.32 Å². The van der Waals surface area contributed by atoms with Crippen LogP contribution in [0.4, 0.5) is 5.69 Å². The lowest BCUT2D eigenvalue weighted by molar-refractivity contribution is -0.140. The minimum atomic E-state index is -4.15. The molecule has 3 rings (SSSR count). The summed E-state index contributed by atoms with van der Waals surface area (Å²) in [5.74, 6) is -0.217. The SMILES string of the molecule is CCNC(=O)[C@H](CC)N(Cc1cccc(OC)c1)C(=O)CN(c1ccc(C)cc1)S(=O)(=O)c1ccc(Cl)cc1. The highest BCUT2D eigenvalue weighted by atomic mass is 35.5. The predicted molar refractivity (Wildman–Crippen MR) is 153 cm³/mol. The smallest absolute Gasteiger partial charge is 0.264 e. The number of carbonyl (C=O) groups excluding carboxylic acids is 2. The van der Waals surface area contributed by atoms with Crippen molar-refractivity contribution in [2.75, 3.05) is 24.5 Å². The Morgan fingerprint density at radius 1 is 1.00 bits per heavy atom. The molecule has 0 bridgehead atoms. The van der Waals surface area contributed by atoms with Crippen LogP contribution in [-0.2, 0) is 26.2 Å². The number of ether oxygens (including phenoxy) is 1. The molecule has 3 aromatic rings. The molecule has 0 saturated carbocycles. The highest BCUT2D eigenvalue weighted by molar-refractivity contribution is 7.92. The van der Waals surface area contributed by atoms with Gasteiger partial charge < -0.3 is 15.0 Å². The van der Waals surface area contributed by atoms with Gasteiger partial charge in [-0.3, -0.25) is 13.9 Å². The molecule has 0 saturated heterocycles. The molecule has 3 aromatic carbocycles. The number of carbonyl (C=O) groups is 2. The third kappa shape index (κ3) is 7.52. The van der Waals surface area contributed by atoms with E-state index in [1.54, 1.807) is 56.5 Å². The summed E-state index contributed by atoms with van der Waals surface area (Å²) in [5, 5.41) is 3.18. The molecule has 0 radical (unpaired) electrons. The van der Waals surface area contributed by atoms with Crippen molar-refractivity contribution in [1.82, 2.24) is 10.2 Å². The Balaban J connectivity index is 2.06. The fraction of sp³-hybridized carbons (Fsp3) is 0.310. The molecule has 0 aromatic heterocycles. The molecule has 0 aliphatic carbocycles. The number of sulfonamides is 1. The summed E-state index contributed by atoms with van der Waals surface area (Å²) in [6.45, 7) is 5.49. The molecule has 208 valence electrons. The van der Waals surface area contributed by atoms with E-state index in [1.165, 1.54) is 29.2 Å².